The average Bonchev–Trinajstić information content (AvgIpc) is 3.18. The highest BCUT2D eigenvalue weighted by Gasteiger charge is 2.36. The highest BCUT2D eigenvalue weighted by molar-refractivity contribution is 5.77. The third kappa shape index (κ3) is 3.89. The van der Waals surface area contributed by atoms with Crippen LogP contribution in [0.5, 0.6) is 0 Å². The van der Waals surface area contributed by atoms with Gasteiger partial charge in [0.05, 0.1) is 0 Å². The van der Waals surface area contributed by atoms with E-state index in [4.69, 9.17) is 10.3 Å². The van der Waals surface area contributed by atoms with Crippen molar-refractivity contribution in [3.8, 4) is 0 Å². The van der Waals surface area contributed by atoms with E-state index in [0.717, 1.165) is 31.7 Å². The SMILES string of the molecule is NC(CC(=O)N1CCCC1c1nc(C2CC2)no1)Cc1cc(F)c(F)cc1F. The van der Waals surface area contributed by atoms with E-state index in [9.17, 15) is 18.0 Å². The van der Waals surface area contributed by atoms with Gasteiger partial charge in [0.15, 0.2) is 17.5 Å². The van der Waals surface area contributed by atoms with Gasteiger partial charge in [0.2, 0.25) is 11.8 Å². The smallest absolute Gasteiger partial charge is 0.249 e. The van der Waals surface area contributed by atoms with Crippen molar-refractivity contribution in [1.29, 1.82) is 0 Å². The maximum absolute atomic E-state index is 13.8. The summed E-state index contributed by atoms with van der Waals surface area (Å²) in [7, 11) is 0. The normalized spacial score (nSPS) is 20.6. The molecule has 2 aromatic rings. The van der Waals surface area contributed by atoms with Gasteiger partial charge in [0.1, 0.15) is 11.9 Å². The number of aromatic nitrogens is 2. The van der Waals surface area contributed by atoms with E-state index in [0.29, 0.717) is 30.2 Å². The lowest BCUT2D eigenvalue weighted by atomic mass is 10.0. The van der Waals surface area contributed by atoms with Crippen LogP contribution >= 0.6 is 0 Å². The summed E-state index contributed by atoms with van der Waals surface area (Å²) in [5, 5.41) is 4.00. The van der Waals surface area contributed by atoms with Crippen molar-refractivity contribution in [2.24, 2.45) is 5.73 Å². The van der Waals surface area contributed by atoms with Crippen molar-refractivity contribution >= 4 is 5.91 Å². The Morgan fingerprint density at radius 2 is 1.96 bits per heavy atom. The van der Waals surface area contributed by atoms with Gasteiger partial charge >= 0.3 is 0 Å². The summed E-state index contributed by atoms with van der Waals surface area (Å²) in [5.74, 6) is -1.98. The van der Waals surface area contributed by atoms with E-state index in [-0.39, 0.29) is 30.4 Å². The van der Waals surface area contributed by atoms with Gasteiger partial charge in [-0.15, -0.1) is 0 Å². The Morgan fingerprint density at radius 1 is 1.21 bits per heavy atom. The molecule has 1 saturated heterocycles. The van der Waals surface area contributed by atoms with Gasteiger partial charge in [-0.3, -0.25) is 4.79 Å². The van der Waals surface area contributed by atoms with Crippen molar-refractivity contribution in [3.05, 3.63) is 46.9 Å². The average molecular weight is 394 g/mol. The molecule has 6 nitrogen and oxygen atoms in total. The van der Waals surface area contributed by atoms with E-state index in [1.54, 1.807) is 4.90 Å². The zero-order valence-electron chi connectivity index (χ0n) is 15.2. The second kappa shape index (κ2) is 7.54. The van der Waals surface area contributed by atoms with Crippen molar-refractivity contribution in [1.82, 2.24) is 15.0 Å². The van der Waals surface area contributed by atoms with Crippen LogP contribution in [0.25, 0.3) is 0 Å². The van der Waals surface area contributed by atoms with E-state index in [1.165, 1.54) is 0 Å². The Kier molecular flexibility index (Phi) is 5.09. The fourth-order valence-corrected chi connectivity index (χ4v) is 3.63. The minimum atomic E-state index is -1.25. The summed E-state index contributed by atoms with van der Waals surface area (Å²) in [4.78, 5) is 18.8. The van der Waals surface area contributed by atoms with Crippen molar-refractivity contribution in [3.63, 3.8) is 0 Å². The number of nitrogens with zero attached hydrogens (tertiary/aromatic N) is 3. The predicted octanol–water partition coefficient (Wildman–Crippen LogP) is 2.99. The molecule has 1 aliphatic heterocycles. The number of nitrogens with two attached hydrogens (primary N) is 1. The number of halogens is 3. The number of hydrogen-bond acceptors (Lipinski definition) is 5. The number of likely N-dealkylation sites (tertiary alicyclic amines) is 1. The molecule has 1 aromatic heterocycles. The van der Waals surface area contributed by atoms with E-state index in [2.05, 4.69) is 10.1 Å². The van der Waals surface area contributed by atoms with Gasteiger partial charge in [0.25, 0.3) is 0 Å². The summed E-state index contributed by atoms with van der Waals surface area (Å²) < 4.78 is 45.5. The molecule has 4 rings (SSSR count). The molecule has 1 aromatic carbocycles. The number of hydrogen-bond donors (Lipinski definition) is 1. The third-order valence-electron chi connectivity index (χ3n) is 5.27. The van der Waals surface area contributed by atoms with Crippen LogP contribution in [0, 0.1) is 17.5 Å². The van der Waals surface area contributed by atoms with Crippen molar-refractivity contribution in [2.45, 2.75) is 56.5 Å². The Balaban J connectivity index is 1.39. The van der Waals surface area contributed by atoms with Gasteiger partial charge < -0.3 is 15.2 Å². The molecule has 2 aliphatic rings. The molecular weight excluding hydrogens is 373 g/mol. The van der Waals surface area contributed by atoms with E-state index in [1.807, 2.05) is 0 Å². The van der Waals surface area contributed by atoms with Crippen LogP contribution in [0.2, 0.25) is 0 Å². The van der Waals surface area contributed by atoms with Gasteiger partial charge in [-0.1, -0.05) is 5.16 Å². The largest absolute Gasteiger partial charge is 0.337 e. The third-order valence-corrected chi connectivity index (χ3v) is 5.27. The summed E-state index contributed by atoms with van der Waals surface area (Å²) >= 11 is 0. The minimum Gasteiger partial charge on any atom is -0.337 e. The van der Waals surface area contributed by atoms with Crippen molar-refractivity contribution in [2.75, 3.05) is 6.54 Å². The highest BCUT2D eigenvalue weighted by atomic mass is 19.2. The molecule has 2 unspecified atom stereocenters. The Hall–Kier alpha value is -2.42. The van der Waals surface area contributed by atoms with Crippen LogP contribution in [0.15, 0.2) is 16.7 Å². The Labute approximate surface area is 159 Å². The molecule has 1 saturated carbocycles. The number of carbonyl (C=O) groups is 1. The molecule has 2 heterocycles. The lowest BCUT2D eigenvalue weighted by Crippen LogP contribution is -2.36. The quantitative estimate of drug-likeness (QED) is 0.762. The zero-order valence-corrected chi connectivity index (χ0v) is 15.2. The van der Waals surface area contributed by atoms with Gasteiger partial charge in [0, 0.05) is 31.0 Å². The molecule has 9 heteroatoms. The van der Waals surface area contributed by atoms with Crippen LogP contribution in [0.1, 0.15) is 61.3 Å². The molecule has 2 fully saturated rings. The number of rotatable bonds is 6. The first-order valence-corrected chi connectivity index (χ1v) is 9.44. The molecule has 0 bridgehead atoms. The second-order valence-electron chi connectivity index (χ2n) is 7.54. The number of benzene rings is 1. The molecule has 2 atom stereocenters. The maximum atomic E-state index is 13.8. The summed E-state index contributed by atoms with van der Waals surface area (Å²) in [6, 6.07) is 0.270. The summed E-state index contributed by atoms with van der Waals surface area (Å²) in [6.45, 7) is 0.552. The predicted molar refractivity (Wildman–Crippen MR) is 92.6 cm³/mol. The van der Waals surface area contributed by atoms with Crippen LogP contribution in [0.4, 0.5) is 13.2 Å². The van der Waals surface area contributed by atoms with Crippen LogP contribution < -0.4 is 5.73 Å². The van der Waals surface area contributed by atoms with Gasteiger partial charge in [-0.25, -0.2) is 13.2 Å². The van der Waals surface area contributed by atoms with Crippen LogP contribution in [0.3, 0.4) is 0 Å². The topological polar surface area (TPSA) is 85.3 Å². The molecule has 1 aliphatic carbocycles. The van der Waals surface area contributed by atoms with E-state index >= 15 is 0 Å². The highest BCUT2D eigenvalue weighted by Crippen LogP contribution is 2.39. The zero-order chi connectivity index (χ0) is 19.8. The van der Waals surface area contributed by atoms with Crippen LogP contribution in [-0.2, 0) is 11.2 Å². The second-order valence-corrected chi connectivity index (χ2v) is 7.54. The fourth-order valence-electron chi connectivity index (χ4n) is 3.63. The monoisotopic (exact) mass is 394 g/mol. The van der Waals surface area contributed by atoms with Gasteiger partial charge in [-0.2, -0.15) is 4.98 Å². The van der Waals surface area contributed by atoms with Crippen LogP contribution in [-0.4, -0.2) is 33.5 Å². The lowest BCUT2D eigenvalue weighted by Gasteiger charge is -2.23. The lowest BCUT2D eigenvalue weighted by molar-refractivity contribution is -0.132. The Morgan fingerprint density at radius 3 is 2.71 bits per heavy atom. The first-order valence-electron chi connectivity index (χ1n) is 9.44. The fraction of sp³-hybridized carbons (Fsp3) is 0.526. The molecular formula is C19H21F3N4O2. The maximum Gasteiger partial charge on any atom is 0.249 e. The number of amides is 1. The molecule has 1 amide bonds. The first-order chi connectivity index (χ1) is 13.4. The minimum absolute atomic E-state index is 0.0431. The Bertz CT molecular complexity index is 884. The summed E-state index contributed by atoms with van der Waals surface area (Å²) in [5.41, 5.74) is 5.93. The molecule has 28 heavy (non-hydrogen) atoms. The molecule has 0 spiro atoms. The molecule has 2 N–H and O–H groups in total. The van der Waals surface area contributed by atoms with Crippen molar-refractivity contribution < 1.29 is 22.5 Å². The summed E-state index contributed by atoms with van der Waals surface area (Å²) in [6.07, 6.45) is 3.54. The molecule has 150 valence electrons. The number of carbonyl (C=O) groups excluding carboxylic acids is 1. The van der Waals surface area contributed by atoms with Gasteiger partial charge in [-0.05, 0) is 43.7 Å². The first kappa shape index (κ1) is 18.9. The van der Waals surface area contributed by atoms with E-state index < -0.39 is 23.5 Å². The standard InChI is InChI=1S/C19H21F3N4O2/c20-13-9-15(22)14(21)7-11(13)6-12(23)8-17(27)26-5-1-2-16(26)19-24-18(25-28-19)10-3-4-10/h7,9-10,12,16H,1-6,8,23H2. The molecule has 0 radical (unpaired) electrons.